The van der Waals surface area contributed by atoms with Crippen molar-refractivity contribution in [2.45, 2.75) is 12.8 Å². The van der Waals surface area contributed by atoms with E-state index in [-0.39, 0.29) is 0 Å². The molecule has 0 saturated carbocycles. The molecule has 2 aromatic carbocycles. The average molecular weight is 401 g/mol. The van der Waals surface area contributed by atoms with E-state index in [0.717, 1.165) is 29.6 Å². The average Bonchev–Trinajstić information content (AvgIpc) is 3.32. The van der Waals surface area contributed by atoms with Crippen molar-refractivity contribution in [1.29, 1.82) is 10.5 Å². The highest BCUT2D eigenvalue weighted by molar-refractivity contribution is 7.20. The Balaban J connectivity index is 1.72. The Hall–Kier alpha value is -3.82. The fourth-order valence-corrected chi connectivity index (χ4v) is 5.80. The summed E-state index contributed by atoms with van der Waals surface area (Å²) in [5.41, 5.74) is 7.95. The van der Waals surface area contributed by atoms with Crippen LogP contribution in [0, 0.1) is 28.6 Å². The van der Waals surface area contributed by atoms with Gasteiger partial charge in [-0.25, -0.2) is 0 Å². The minimum absolute atomic E-state index is 0.363. The maximum absolute atomic E-state index is 9.53. The van der Waals surface area contributed by atoms with E-state index >= 15 is 0 Å². The van der Waals surface area contributed by atoms with Crippen LogP contribution in [0.15, 0.2) is 65.9 Å². The Kier molecular flexibility index (Phi) is 3.61. The van der Waals surface area contributed by atoms with Gasteiger partial charge in [0.2, 0.25) is 0 Å². The van der Waals surface area contributed by atoms with Gasteiger partial charge in [0.05, 0.1) is 28.4 Å². The summed E-state index contributed by atoms with van der Waals surface area (Å²) in [5.74, 6) is -0.575. The third kappa shape index (κ3) is 2.30. The van der Waals surface area contributed by atoms with E-state index in [9.17, 15) is 10.5 Å². The van der Waals surface area contributed by atoms with E-state index < -0.39 is 5.92 Å². The first kappa shape index (κ1) is 17.1. The van der Waals surface area contributed by atoms with Crippen molar-refractivity contribution >= 4 is 55.0 Å². The van der Waals surface area contributed by atoms with Crippen LogP contribution in [0.5, 0.6) is 0 Å². The van der Waals surface area contributed by atoms with Crippen molar-refractivity contribution in [1.82, 2.24) is 4.57 Å². The molecule has 0 radical (unpaired) electrons. The summed E-state index contributed by atoms with van der Waals surface area (Å²) in [5, 5.41) is 22.6. The lowest BCUT2D eigenvalue weighted by Crippen LogP contribution is -2.04. The van der Waals surface area contributed by atoms with Crippen LogP contribution in [0.4, 0.5) is 0 Å². The van der Waals surface area contributed by atoms with Gasteiger partial charge in [-0.3, -0.25) is 0 Å². The summed E-state index contributed by atoms with van der Waals surface area (Å²) >= 11 is 1.84. The topological polar surface area (TPSA) is 52.5 Å². The zero-order chi connectivity index (χ0) is 20.2. The molecule has 2 aliphatic rings. The predicted octanol–water partition coefficient (Wildman–Crippen LogP) is 6.57. The fraction of sp³-hybridized carbons (Fsp3) is 0.115. The quantitative estimate of drug-likeness (QED) is 0.339. The Morgan fingerprint density at radius 1 is 1.07 bits per heavy atom. The summed E-state index contributed by atoms with van der Waals surface area (Å²) in [6, 6.07) is 17.3. The smallest absolute Gasteiger partial charge is 0.109 e. The summed E-state index contributed by atoms with van der Waals surface area (Å²) in [4.78, 5) is 1.36. The molecule has 0 saturated heterocycles. The van der Waals surface area contributed by atoms with Crippen molar-refractivity contribution in [3.8, 4) is 12.1 Å². The van der Waals surface area contributed by atoms with E-state index in [1.165, 1.54) is 31.3 Å². The van der Waals surface area contributed by atoms with Crippen molar-refractivity contribution in [3.63, 3.8) is 0 Å². The van der Waals surface area contributed by atoms with Crippen molar-refractivity contribution in [2.24, 2.45) is 5.92 Å². The molecule has 0 bridgehead atoms. The molecule has 2 aromatic heterocycles. The molecule has 4 aromatic rings. The monoisotopic (exact) mass is 401 g/mol. The van der Waals surface area contributed by atoms with E-state index in [1.54, 1.807) is 0 Å². The van der Waals surface area contributed by atoms with Gasteiger partial charge in [-0.2, -0.15) is 10.5 Å². The molecule has 2 heterocycles. The first-order valence-corrected chi connectivity index (χ1v) is 10.7. The van der Waals surface area contributed by atoms with Crippen LogP contribution < -0.4 is 0 Å². The lowest BCUT2D eigenvalue weighted by atomic mass is 9.97. The number of aryl methyl sites for hydroxylation is 1. The number of fused-ring (bicyclic) bond motifs is 6. The Bertz CT molecular complexity index is 1600. The Labute approximate surface area is 177 Å². The number of nitrogens with zero attached hydrogens (tertiary/aromatic N) is 3. The number of benzene rings is 2. The van der Waals surface area contributed by atoms with Crippen LogP contribution in [-0.2, 0) is 6.42 Å². The molecule has 2 aliphatic carbocycles. The van der Waals surface area contributed by atoms with E-state index in [2.05, 4.69) is 64.9 Å². The summed E-state index contributed by atoms with van der Waals surface area (Å²) < 4.78 is 3.48. The van der Waals surface area contributed by atoms with Gasteiger partial charge in [-0.15, -0.1) is 17.1 Å². The number of rotatable bonds is 1. The number of allylic oxidation sites excluding steroid dienone is 4. The number of hydrogen-bond acceptors (Lipinski definition) is 3. The minimum atomic E-state index is -0.575. The highest BCUT2D eigenvalue weighted by Gasteiger charge is 2.21. The zero-order valence-corrected chi connectivity index (χ0v) is 16.8. The number of hydrogen-bond donors (Lipinski definition) is 0. The second-order valence-corrected chi connectivity index (χ2v) is 8.70. The third-order valence-corrected chi connectivity index (χ3v) is 7.15. The van der Waals surface area contributed by atoms with Crippen LogP contribution in [0.25, 0.3) is 43.7 Å². The highest BCUT2D eigenvalue weighted by Crippen LogP contribution is 2.41. The Morgan fingerprint density at radius 2 is 1.97 bits per heavy atom. The molecule has 1 unspecified atom stereocenters. The maximum atomic E-state index is 9.53. The second kappa shape index (κ2) is 6.34. The molecule has 0 N–H and O–H groups in total. The zero-order valence-electron chi connectivity index (χ0n) is 16.0. The van der Waals surface area contributed by atoms with Crippen LogP contribution in [0.3, 0.4) is 0 Å². The number of aromatic nitrogens is 1. The third-order valence-electron chi connectivity index (χ3n) is 5.99. The molecular formula is C26H15N3S. The van der Waals surface area contributed by atoms with Gasteiger partial charge >= 0.3 is 0 Å². The second-order valence-electron chi connectivity index (χ2n) is 7.62. The fourth-order valence-electron chi connectivity index (χ4n) is 4.60. The van der Waals surface area contributed by atoms with Gasteiger partial charge in [0.25, 0.3) is 0 Å². The van der Waals surface area contributed by atoms with Gasteiger partial charge in [-0.05, 0) is 54.1 Å². The first-order valence-electron chi connectivity index (χ1n) is 9.92. The van der Waals surface area contributed by atoms with Crippen molar-refractivity contribution < 1.29 is 0 Å². The summed E-state index contributed by atoms with van der Waals surface area (Å²) in [6.45, 7) is 0. The van der Waals surface area contributed by atoms with Crippen LogP contribution >= 0.6 is 11.3 Å². The largest absolute Gasteiger partial charge is 0.309 e. The SMILES string of the molecule is N#CC1=C=CC(n2c3ccccc3c3cc4c5c(sc4cc32)C=CCC5)=CC1C#N. The lowest BCUT2D eigenvalue weighted by molar-refractivity contribution is 1.01. The summed E-state index contributed by atoms with van der Waals surface area (Å²) in [7, 11) is 0. The number of nitriles is 2. The van der Waals surface area contributed by atoms with Crippen LogP contribution in [0.1, 0.15) is 16.9 Å². The molecule has 140 valence electrons. The van der Waals surface area contributed by atoms with E-state index in [1.807, 2.05) is 29.6 Å². The molecular weight excluding hydrogens is 386 g/mol. The van der Waals surface area contributed by atoms with Gasteiger partial charge in [0.1, 0.15) is 12.0 Å². The molecule has 0 amide bonds. The normalized spacial score (nSPS) is 17.6. The number of thiophene rings is 1. The molecule has 1 atom stereocenters. The van der Waals surface area contributed by atoms with Crippen molar-refractivity contribution in [3.05, 3.63) is 76.4 Å². The predicted molar refractivity (Wildman–Crippen MR) is 123 cm³/mol. The minimum Gasteiger partial charge on any atom is -0.309 e. The van der Waals surface area contributed by atoms with Gasteiger partial charge in [-0.1, -0.05) is 24.3 Å². The maximum Gasteiger partial charge on any atom is 0.109 e. The molecule has 0 fully saturated rings. The molecule has 3 nitrogen and oxygen atoms in total. The molecule has 0 spiro atoms. The lowest BCUT2D eigenvalue weighted by Gasteiger charge is -2.13. The molecule has 0 aliphatic heterocycles. The van der Waals surface area contributed by atoms with E-state index in [0.29, 0.717) is 5.57 Å². The Morgan fingerprint density at radius 3 is 2.83 bits per heavy atom. The van der Waals surface area contributed by atoms with Gasteiger partial charge < -0.3 is 4.57 Å². The number of para-hydroxylation sites is 1. The van der Waals surface area contributed by atoms with E-state index in [4.69, 9.17) is 0 Å². The van der Waals surface area contributed by atoms with Gasteiger partial charge in [0.15, 0.2) is 0 Å². The standard InChI is InChI=1S/C26H15N3S/c27-14-16-9-10-18(11-17(16)15-28)29-23-7-3-1-5-19(23)21-12-22-20-6-2-4-8-25(20)30-26(22)13-24(21)29/h1,3-5,7-8,10-13,17H,2,6H2. The highest BCUT2D eigenvalue weighted by atomic mass is 32.1. The summed E-state index contributed by atoms with van der Waals surface area (Å²) in [6.07, 6.45) is 10.4. The first-order chi connectivity index (χ1) is 14.8. The molecule has 4 heteroatoms. The molecule has 30 heavy (non-hydrogen) atoms. The van der Waals surface area contributed by atoms with Crippen LogP contribution in [0.2, 0.25) is 0 Å². The van der Waals surface area contributed by atoms with Gasteiger partial charge in [0, 0.05) is 26.4 Å². The van der Waals surface area contributed by atoms with Crippen molar-refractivity contribution in [2.75, 3.05) is 0 Å². The van der Waals surface area contributed by atoms with Crippen LogP contribution in [-0.4, -0.2) is 4.57 Å². The molecule has 6 rings (SSSR count).